The van der Waals surface area contributed by atoms with Gasteiger partial charge in [-0.05, 0) is 12.1 Å². The lowest BCUT2D eigenvalue weighted by Crippen LogP contribution is -1.68. The van der Waals surface area contributed by atoms with E-state index in [4.69, 9.17) is 0 Å². The van der Waals surface area contributed by atoms with E-state index in [-0.39, 0.29) is 0 Å². The van der Waals surface area contributed by atoms with Gasteiger partial charge >= 0.3 is 0 Å². The summed E-state index contributed by atoms with van der Waals surface area (Å²) in [5.41, 5.74) is 1.51. The first-order chi connectivity index (χ1) is 5.92. The second-order valence-corrected chi connectivity index (χ2v) is 2.42. The van der Waals surface area contributed by atoms with Crippen LogP contribution >= 0.6 is 0 Å². The molecule has 0 saturated carbocycles. The van der Waals surface area contributed by atoms with E-state index >= 15 is 0 Å². The van der Waals surface area contributed by atoms with Crippen LogP contribution in [0.15, 0.2) is 35.5 Å². The summed E-state index contributed by atoms with van der Waals surface area (Å²) in [5.74, 6) is 0. The standard InChI is InChI=1S/C9H6N2O/c12-6-11-8-3-1-2-7-4-5-10-9(7)8/h1-5,10H. The Balaban J connectivity index is 2.81. The van der Waals surface area contributed by atoms with Crippen LogP contribution in [-0.2, 0) is 4.79 Å². The van der Waals surface area contributed by atoms with Crippen LogP contribution in [0.1, 0.15) is 0 Å². The highest BCUT2D eigenvalue weighted by molar-refractivity contribution is 5.90. The van der Waals surface area contributed by atoms with Crippen molar-refractivity contribution in [3.63, 3.8) is 0 Å². The number of nitrogens with zero attached hydrogens (tertiary/aromatic N) is 1. The summed E-state index contributed by atoms with van der Waals surface area (Å²) in [7, 11) is 0. The van der Waals surface area contributed by atoms with Crippen LogP contribution in [0.25, 0.3) is 10.9 Å². The van der Waals surface area contributed by atoms with E-state index < -0.39 is 0 Å². The van der Waals surface area contributed by atoms with Crippen molar-refractivity contribution in [1.29, 1.82) is 0 Å². The van der Waals surface area contributed by atoms with Crippen LogP contribution in [0.2, 0.25) is 0 Å². The van der Waals surface area contributed by atoms with Crippen molar-refractivity contribution in [2.75, 3.05) is 0 Å². The Morgan fingerprint density at radius 1 is 1.33 bits per heavy atom. The topological polar surface area (TPSA) is 45.2 Å². The molecule has 1 aromatic carbocycles. The van der Waals surface area contributed by atoms with Crippen molar-refractivity contribution in [3.8, 4) is 0 Å². The first-order valence-corrected chi connectivity index (χ1v) is 3.56. The Hall–Kier alpha value is -1.86. The predicted octanol–water partition coefficient (Wildman–Crippen LogP) is 2.14. The number of hydrogen-bond donors (Lipinski definition) is 1. The number of hydrogen-bond acceptors (Lipinski definition) is 2. The number of isocyanates is 1. The zero-order valence-corrected chi connectivity index (χ0v) is 6.24. The number of H-pyrrole nitrogens is 1. The summed E-state index contributed by atoms with van der Waals surface area (Å²) in [6, 6.07) is 7.50. The number of fused-ring (bicyclic) bond motifs is 1. The number of rotatable bonds is 1. The van der Waals surface area contributed by atoms with Crippen molar-refractivity contribution in [1.82, 2.24) is 4.98 Å². The molecule has 0 fully saturated rings. The van der Waals surface area contributed by atoms with Gasteiger partial charge in [0.1, 0.15) is 5.69 Å². The van der Waals surface area contributed by atoms with Gasteiger partial charge in [0.25, 0.3) is 0 Å². The summed E-state index contributed by atoms with van der Waals surface area (Å²) >= 11 is 0. The summed E-state index contributed by atoms with van der Waals surface area (Å²) < 4.78 is 0. The second kappa shape index (κ2) is 2.64. The van der Waals surface area contributed by atoms with Gasteiger partial charge in [-0.25, -0.2) is 4.79 Å². The molecule has 0 radical (unpaired) electrons. The molecule has 0 aliphatic heterocycles. The molecule has 3 heteroatoms. The molecule has 12 heavy (non-hydrogen) atoms. The zero-order valence-electron chi connectivity index (χ0n) is 6.24. The van der Waals surface area contributed by atoms with Crippen LogP contribution in [0, 0.1) is 0 Å². The van der Waals surface area contributed by atoms with Crippen LogP contribution in [-0.4, -0.2) is 11.1 Å². The van der Waals surface area contributed by atoms with Gasteiger partial charge in [0.2, 0.25) is 6.08 Å². The van der Waals surface area contributed by atoms with Crippen LogP contribution in [0.3, 0.4) is 0 Å². The van der Waals surface area contributed by atoms with Gasteiger partial charge in [-0.2, -0.15) is 4.99 Å². The lowest BCUT2D eigenvalue weighted by atomic mass is 10.2. The third-order valence-corrected chi connectivity index (χ3v) is 1.73. The van der Waals surface area contributed by atoms with Crippen LogP contribution in [0.4, 0.5) is 5.69 Å². The maximum atomic E-state index is 10.0. The highest BCUT2D eigenvalue weighted by Gasteiger charge is 1.98. The molecule has 0 atom stereocenters. The number of aromatic amines is 1. The maximum absolute atomic E-state index is 10.0. The van der Waals surface area contributed by atoms with E-state index in [1.54, 1.807) is 6.07 Å². The van der Waals surface area contributed by atoms with Crippen LogP contribution < -0.4 is 0 Å². The fourth-order valence-corrected chi connectivity index (χ4v) is 1.21. The molecule has 0 bridgehead atoms. The summed E-state index contributed by atoms with van der Waals surface area (Å²) in [4.78, 5) is 16.6. The first kappa shape index (κ1) is 6.83. The van der Waals surface area contributed by atoms with E-state index in [1.165, 1.54) is 6.08 Å². The molecule has 1 heterocycles. The molecular formula is C9H6N2O. The molecule has 1 N–H and O–H groups in total. The van der Waals surface area contributed by atoms with E-state index in [9.17, 15) is 4.79 Å². The van der Waals surface area contributed by atoms with Gasteiger partial charge in [0, 0.05) is 11.6 Å². The molecule has 2 rings (SSSR count). The summed E-state index contributed by atoms with van der Waals surface area (Å²) in [6.07, 6.45) is 3.33. The maximum Gasteiger partial charge on any atom is 0.240 e. The van der Waals surface area contributed by atoms with Crippen molar-refractivity contribution in [2.24, 2.45) is 4.99 Å². The number of carbonyl (C=O) groups excluding carboxylic acids is 1. The van der Waals surface area contributed by atoms with Gasteiger partial charge in [-0.1, -0.05) is 12.1 Å². The molecule has 0 saturated heterocycles. The minimum absolute atomic E-state index is 0.632. The predicted molar refractivity (Wildman–Crippen MR) is 46.1 cm³/mol. The van der Waals surface area contributed by atoms with Crippen molar-refractivity contribution in [3.05, 3.63) is 30.5 Å². The lowest BCUT2D eigenvalue weighted by molar-refractivity contribution is 0.565. The number of aromatic nitrogens is 1. The van der Waals surface area contributed by atoms with Gasteiger partial charge < -0.3 is 4.98 Å². The van der Waals surface area contributed by atoms with Crippen LogP contribution in [0.5, 0.6) is 0 Å². The average molecular weight is 158 g/mol. The molecule has 0 aliphatic rings. The highest BCUT2D eigenvalue weighted by Crippen LogP contribution is 2.23. The third kappa shape index (κ3) is 0.929. The molecule has 2 aromatic rings. The Bertz CT molecular complexity index is 452. The Labute approximate surface area is 68.7 Å². The van der Waals surface area contributed by atoms with Crippen molar-refractivity contribution in [2.45, 2.75) is 0 Å². The fraction of sp³-hybridized carbons (Fsp3) is 0. The van der Waals surface area contributed by atoms with E-state index in [1.807, 2.05) is 24.4 Å². The minimum Gasteiger partial charge on any atom is -0.359 e. The minimum atomic E-state index is 0.632. The molecule has 0 aliphatic carbocycles. The Morgan fingerprint density at radius 3 is 3.08 bits per heavy atom. The average Bonchev–Trinajstić information content (AvgIpc) is 2.53. The smallest absolute Gasteiger partial charge is 0.240 e. The summed E-state index contributed by atoms with van der Waals surface area (Å²) in [6.45, 7) is 0. The van der Waals surface area contributed by atoms with Gasteiger partial charge in [-0.15, -0.1) is 0 Å². The van der Waals surface area contributed by atoms with Crippen molar-refractivity contribution >= 4 is 22.7 Å². The largest absolute Gasteiger partial charge is 0.359 e. The second-order valence-electron chi connectivity index (χ2n) is 2.42. The molecule has 1 aromatic heterocycles. The highest BCUT2D eigenvalue weighted by atomic mass is 16.1. The van der Waals surface area contributed by atoms with Crippen molar-refractivity contribution < 1.29 is 4.79 Å². The SMILES string of the molecule is O=C=Nc1cccc2cc[nH]c12. The van der Waals surface area contributed by atoms with E-state index in [0.717, 1.165) is 10.9 Å². The van der Waals surface area contributed by atoms with Gasteiger partial charge in [0.05, 0.1) is 5.52 Å². The number of aliphatic imine (C=N–C) groups is 1. The Kier molecular flexibility index (Phi) is 1.50. The van der Waals surface area contributed by atoms with Gasteiger partial charge in [0.15, 0.2) is 0 Å². The number of para-hydroxylation sites is 1. The number of nitrogens with one attached hydrogen (secondary N) is 1. The van der Waals surface area contributed by atoms with E-state index in [2.05, 4.69) is 9.98 Å². The van der Waals surface area contributed by atoms with Gasteiger partial charge in [-0.3, -0.25) is 0 Å². The first-order valence-electron chi connectivity index (χ1n) is 3.56. The molecule has 58 valence electrons. The van der Waals surface area contributed by atoms with E-state index in [0.29, 0.717) is 5.69 Å². The molecule has 3 nitrogen and oxygen atoms in total. The molecule has 0 amide bonds. The normalized spacial score (nSPS) is 9.67. The fourth-order valence-electron chi connectivity index (χ4n) is 1.21. The quantitative estimate of drug-likeness (QED) is 0.501. The molecular weight excluding hydrogens is 152 g/mol. The number of benzene rings is 1. The Morgan fingerprint density at radius 2 is 2.25 bits per heavy atom. The summed E-state index contributed by atoms with van der Waals surface area (Å²) in [5, 5.41) is 1.05. The third-order valence-electron chi connectivity index (χ3n) is 1.73. The lowest BCUT2D eigenvalue weighted by Gasteiger charge is -1.91. The zero-order chi connectivity index (χ0) is 8.39. The molecule has 0 spiro atoms. The molecule has 0 unspecified atom stereocenters. The monoisotopic (exact) mass is 158 g/mol.